The number of carbonyl (C=O) groups is 1. The van der Waals surface area contributed by atoms with Crippen LogP contribution < -0.4 is 0 Å². The van der Waals surface area contributed by atoms with Crippen LogP contribution >= 0.6 is 0 Å². The Balaban J connectivity index is 2.00. The molecule has 0 spiro atoms. The molecule has 0 N–H and O–H groups in total. The quantitative estimate of drug-likeness (QED) is 0.746. The van der Waals surface area contributed by atoms with Gasteiger partial charge in [-0.15, -0.1) is 0 Å². The number of benzene rings is 1. The van der Waals surface area contributed by atoms with Crippen molar-refractivity contribution >= 4 is 11.4 Å². The fourth-order valence-corrected chi connectivity index (χ4v) is 3.38. The van der Waals surface area contributed by atoms with E-state index in [1.807, 2.05) is 6.08 Å². The minimum atomic E-state index is 0.105. The molecule has 3 rings (SSSR count). The number of allylic oxidation sites excluding steroid dienone is 2. The standard InChI is InChI=1S/C18H22O/c1-18(2)11-14(10-15(19)12-18)17-9-4-3-8-16(17)13-6-5-7-13/h3-4,8-10,13H,5-7,11-12H2,1-2H3. The third kappa shape index (κ3) is 2.51. The maximum Gasteiger partial charge on any atom is 0.156 e. The molecule has 2 aliphatic carbocycles. The van der Waals surface area contributed by atoms with Crippen LogP contribution in [0.25, 0.3) is 5.57 Å². The molecule has 1 fully saturated rings. The fraction of sp³-hybridized carbons (Fsp3) is 0.500. The first-order valence-electron chi connectivity index (χ1n) is 7.38. The Morgan fingerprint density at radius 1 is 1.11 bits per heavy atom. The molecule has 0 heterocycles. The molecule has 0 unspecified atom stereocenters. The second-order valence-corrected chi connectivity index (χ2v) is 6.87. The topological polar surface area (TPSA) is 17.1 Å². The molecule has 0 aromatic heterocycles. The Kier molecular flexibility index (Phi) is 3.08. The Hall–Kier alpha value is -1.37. The van der Waals surface area contributed by atoms with Crippen molar-refractivity contribution in [3.05, 3.63) is 41.5 Å². The van der Waals surface area contributed by atoms with Crippen LogP contribution in [-0.2, 0) is 4.79 Å². The van der Waals surface area contributed by atoms with Crippen molar-refractivity contribution in [1.82, 2.24) is 0 Å². The summed E-state index contributed by atoms with van der Waals surface area (Å²) in [5.74, 6) is 1.01. The minimum absolute atomic E-state index is 0.105. The molecular weight excluding hydrogens is 232 g/mol. The molecule has 2 aliphatic rings. The summed E-state index contributed by atoms with van der Waals surface area (Å²) in [5, 5.41) is 0. The summed E-state index contributed by atoms with van der Waals surface area (Å²) in [7, 11) is 0. The summed E-state index contributed by atoms with van der Waals surface area (Å²) in [5.41, 5.74) is 4.15. The van der Waals surface area contributed by atoms with Gasteiger partial charge in [-0.25, -0.2) is 0 Å². The first kappa shape index (κ1) is 12.7. The van der Waals surface area contributed by atoms with Crippen molar-refractivity contribution in [2.75, 3.05) is 0 Å². The Labute approximate surface area is 115 Å². The molecule has 0 atom stereocenters. The van der Waals surface area contributed by atoms with E-state index in [1.54, 1.807) is 0 Å². The van der Waals surface area contributed by atoms with Crippen LogP contribution in [0.3, 0.4) is 0 Å². The van der Waals surface area contributed by atoms with E-state index in [1.165, 1.54) is 36.0 Å². The highest BCUT2D eigenvalue weighted by Crippen LogP contribution is 2.44. The maximum absolute atomic E-state index is 12.0. The van der Waals surface area contributed by atoms with Crippen LogP contribution in [0.1, 0.15) is 63.0 Å². The van der Waals surface area contributed by atoms with Crippen molar-refractivity contribution < 1.29 is 4.79 Å². The first-order chi connectivity index (χ1) is 9.05. The SMILES string of the molecule is CC1(C)CC(=O)C=C(c2ccccc2C2CCC2)C1. The van der Waals surface area contributed by atoms with Gasteiger partial charge in [0.2, 0.25) is 0 Å². The molecule has 0 radical (unpaired) electrons. The van der Waals surface area contributed by atoms with E-state index in [4.69, 9.17) is 0 Å². The van der Waals surface area contributed by atoms with Gasteiger partial charge in [-0.05, 0) is 53.4 Å². The smallest absolute Gasteiger partial charge is 0.156 e. The zero-order valence-corrected chi connectivity index (χ0v) is 11.9. The van der Waals surface area contributed by atoms with Crippen LogP contribution in [0.15, 0.2) is 30.3 Å². The minimum Gasteiger partial charge on any atom is -0.295 e. The maximum atomic E-state index is 12.0. The van der Waals surface area contributed by atoms with E-state index in [9.17, 15) is 4.79 Å². The highest BCUT2D eigenvalue weighted by Gasteiger charge is 2.30. The van der Waals surface area contributed by atoms with E-state index in [-0.39, 0.29) is 11.2 Å². The molecule has 0 bridgehead atoms. The lowest BCUT2D eigenvalue weighted by molar-refractivity contribution is -0.116. The second kappa shape index (κ2) is 4.63. The lowest BCUT2D eigenvalue weighted by Gasteiger charge is -2.32. The van der Waals surface area contributed by atoms with Crippen molar-refractivity contribution in [2.24, 2.45) is 5.41 Å². The monoisotopic (exact) mass is 254 g/mol. The fourth-order valence-electron chi connectivity index (χ4n) is 3.38. The number of hydrogen-bond acceptors (Lipinski definition) is 1. The average molecular weight is 254 g/mol. The van der Waals surface area contributed by atoms with Crippen molar-refractivity contribution in [2.45, 2.75) is 51.9 Å². The van der Waals surface area contributed by atoms with Crippen LogP contribution in [0, 0.1) is 5.41 Å². The first-order valence-corrected chi connectivity index (χ1v) is 7.38. The highest BCUT2D eigenvalue weighted by molar-refractivity contribution is 5.99. The Morgan fingerprint density at radius 2 is 1.84 bits per heavy atom. The van der Waals surface area contributed by atoms with Crippen LogP contribution in [0.4, 0.5) is 0 Å². The van der Waals surface area contributed by atoms with Gasteiger partial charge < -0.3 is 0 Å². The van der Waals surface area contributed by atoms with Crippen molar-refractivity contribution in [1.29, 1.82) is 0 Å². The number of carbonyl (C=O) groups excluding carboxylic acids is 1. The van der Waals surface area contributed by atoms with Gasteiger partial charge in [-0.3, -0.25) is 4.79 Å². The molecule has 1 aromatic carbocycles. The van der Waals surface area contributed by atoms with Gasteiger partial charge in [-0.2, -0.15) is 0 Å². The molecular formula is C18H22O. The summed E-state index contributed by atoms with van der Waals surface area (Å²) in [6.07, 6.45) is 7.55. The van der Waals surface area contributed by atoms with Gasteiger partial charge in [0.1, 0.15) is 0 Å². The van der Waals surface area contributed by atoms with Gasteiger partial charge in [0, 0.05) is 6.42 Å². The van der Waals surface area contributed by atoms with Gasteiger partial charge in [0.25, 0.3) is 0 Å². The van der Waals surface area contributed by atoms with E-state index in [2.05, 4.69) is 38.1 Å². The van der Waals surface area contributed by atoms with E-state index in [0.717, 1.165) is 12.3 Å². The summed E-state index contributed by atoms with van der Waals surface area (Å²) < 4.78 is 0. The van der Waals surface area contributed by atoms with Gasteiger partial charge in [0.05, 0.1) is 0 Å². The molecule has 1 aromatic rings. The largest absolute Gasteiger partial charge is 0.295 e. The van der Waals surface area contributed by atoms with Gasteiger partial charge in [-0.1, -0.05) is 44.5 Å². The van der Waals surface area contributed by atoms with E-state index < -0.39 is 0 Å². The molecule has 0 saturated heterocycles. The second-order valence-electron chi connectivity index (χ2n) is 6.87. The average Bonchev–Trinajstić information content (AvgIpc) is 2.24. The summed E-state index contributed by atoms with van der Waals surface area (Å²) >= 11 is 0. The molecule has 100 valence electrons. The summed E-state index contributed by atoms with van der Waals surface area (Å²) in [6.45, 7) is 4.40. The highest BCUT2D eigenvalue weighted by atomic mass is 16.1. The van der Waals surface area contributed by atoms with Crippen molar-refractivity contribution in [3.63, 3.8) is 0 Å². The van der Waals surface area contributed by atoms with E-state index in [0.29, 0.717) is 6.42 Å². The predicted molar refractivity (Wildman–Crippen MR) is 79.0 cm³/mol. The predicted octanol–water partition coefficient (Wildman–Crippen LogP) is 4.73. The third-order valence-corrected chi connectivity index (χ3v) is 4.51. The molecule has 1 saturated carbocycles. The van der Waals surface area contributed by atoms with Crippen LogP contribution in [0.5, 0.6) is 0 Å². The number of rotatable bonds is 2. The lowest BCUT2D eigenvalue weighted by atomic mass is 9.71. The molecule has 1 nitrogen and oxygen atoms in total. The zero-order chi connectivity index (χ0) is 13.5. The number of hydrogen-bond donors (Lipinski definition) is 0. The van der Waals surface area contributed by atoms with Crippen LogP contribution in [-0.4, -0.2) is 5.78 Å². The lowest BCUT2D eigenvalue weighted by Crippen LogP contribution is -2.22. The van der Waals surface area contributed by atoms with Gasteiger partial charge in [0.15, 0.2) is 5.78 Å². The summed E-state index contributed by atoms with van der Waals surface area (Å²) in [4.78, 5) is 12.0. The van der Waals surface area contributed by atoms with Crippen molar-refractivity contribution in [3.8, 4) is 0 Å². The number of ketones is 1. The third-order valence-electron chi connectivity index (χ3n) is 4.51. The molecule has 19 heavy (non-hydrogen) atoms. The normalized spacial score (nSPS) is 22.8. The van der Waals surface area contributed by atoms with E-state index >= 15 is 0 Å². The van der Waals surface area contributed by atoms with Crippen LogP contribution in [0.2, 0.25) is 0 Å². The Bertz CT molecular complexity index is 532. The summed E-state index contributed by atoms with van der Waals surface area (Å²) in [6, 6.07) is 8.69. The molecule has 1 heteroatoms. The zero-order valence-electron chi connectivity index (χ0n) is 11.9. The molecule has 0 amide bonds. The Morgan fingerprint density at radius 3 is 2.47 bits per heavy atom. The van der Waals surface area contributed by atoms with Gasteiger partial charge >= 0.3 is 0 Å². The molecule has 0 aliphatic heterocycles.